The zero-order valence-corrected chi connectivity index (χ0v) is 12.0. The summed E-state index contributed by atoms with van der Waals surface area (Å²) in [6.07, 6.45) is 2.59. The van der Waals surface area contributed by atoms with Gasteiger partial charge in [-0.3, -0.25) is 0 Å². The average molecular weight is 278 g/mol. The van der Waals surface area contributed by atoms with E-state index in [2.05, 4.69) is 35.7 Å². The Morgan fingerprint density at radius 3 is 2.57 bits per heavy atom. The largest absolute Gasteiger partial charge is 0.497 e. The van der Waals surface area contributed by atoms with E-state index < -0.39 is 0 Å². The standard InChI is InChI=1S/C18H18N2O/c1-21-17-4-2-3-16(11-17)20-18(12-19)15-9-7-14(8-10-15)13-5-6-13/h2-4,7-11,13,18,20H,5-6H2,1H3. The van der Waals surface area contributed by atoms with E-state index in [1.165, 1.54) is 18.4 Å². The SMILES string of the molecule is COc1cccc(NC(C#N)c2ccc(C3CC3)cc2)c1. The summed E-state index contributed by atoms with van der Waals surface area (Å²) in [5.74, 6) is 1.52. The summed E-state index contributed by atoms with van der Waals surface area (Å²) >= 11 is 0. The lowest BCUT2D eigenvalue weighted by Gasteiger charge is -2.14. The van der Waals surface area contributed by atoms with Gasteiger partial charge >= 0.3 is 0 Å². The first-order valence-corrected chi connectivity index (χ1v) is 7.20. The molecule has 3 nitrogen and oxygen atoms in total. The normalized spacial score (nSPS) is 15.0. The van der Waals surface area contributed by atoms with Crippen molar-refractivity contribution in [3.05, 3.63) is 59.7 Å². The van der Waals surface area contributed by atoms with Crippen LogP contribution < -0.4 is 10.1 Å². The number of hydrogen-bond acceptors (Lipinski definition) is 3. The summed E-state index contributed by atoms with van der Waals surface area (Å²) in [6.45, 7) is 0. The molecule has 0 heterocycles. The minimum absolute atomic E-state index is 0.356. The van der Waals surface area contributed by atoms with E-state index in [9.17, 15) is 5.26 Å². The van der Waals surface area contributed by atoms with Crippen molar-refractivity contribution < 1.29 is 4.74 Å². The van der Waals surface area contributed by atoms with Crippen molar-refractivity contribution >= 4 is 5.69 Å². The lowest BCUT2D eigenvalue weighted by Crippen LogP contribution is -2.08. The second-order valence-corrected chi connectivity index (χ2v) is 5.38. The van der Waals surface area contributed by atoms with Crippen LogP contribution in [0.2, 0.25) is 0 Å². The summed E-state index contributed by atoms with van der Waals surface area (Å²) in [6, 6.07) is 18.0. The Kier molecular flexibility index (Phi) is 3.79. The van der Waals surface area contributed by atoms with Crippen molar-refractivity contribution in [3.8, 4) is 11.8 Å². The molecule has 3 heteroatoms. The van der Waals surface area contributed by atoms with Crippen molar-refractivity contribution in [2.24, 2.45) is 0 Å². The summed E-state index contributed by atoms with van der Waals surface area (Å²) in [5, 5.41) is 12.7. The maximum atomic E-state index is 9.41. The maximum absolute atomic E-state index is 9.41. The van der Waals surface area contributed by atoms with Crippen molar-refractivity contribution in [2.75, 3.05) is 12.4 Å². The van der Waals surface area contributed by atoms with Crippen LogP contribution in [0.5, 0.6) is 5.75 Å². The average Bonchev–Trinajstić information content (AvgIpc) is 3.38. The number of methoxy groups -OCH3 is 1. The Labute approximate surface area is 125 Å². The Balaban J connectivity index is 1.76. The van der Waals surface area contributed by atoms with E-state index in [0.717, 1.165) is 22.9 Å². The molecule has 1 N–H and O–H groups in total. The van der Waals surface area contributed by atoms with Gasteiger partial charge in [0.05, 0.1) is 13.2 Å². The quantitative estimate of drug-likeness (QED) is 0.889. The molecule has 0 amide bonds. The van der Waals surface area contributed by atoms with Crippen LogP contribution in [0.3, 0.4) is 0 Å². The monoisotopic (exact) mass is 278 g/mol. The number of rotatable bonds is 5. The van der Waals surface area contributed by atoms with Gasteiger partial charge in [-0.25, -0.2) is 0 Å². The highest BCUT2D eigenvalue weighted by molar-refractivity contribution is 5.51. The van der Waals surface area contributed by atoms with Gasteiger partial charge < -0.3 is 10.1 Å². The predicted octanol–water partition coefficient (Wildman–Crippen LogP) is 4.25. The minimum atomic E-state index is -0.356. The van der Waals surface area contributed by atoms with E-state index in [0.29, 0.717) is 0 Å². The van der Waals surface area contributed by atoms with Gasteiger partial charge in [0, 0.05) is 11.8 Å². The molecule has 3 rings (SSSR count). The van der Waals surface area contributed by atoms with Crippen molar-refractivity contribution in [1.29, 1.82) is 5.26 Å². The number of benzene rings is 2. The molecule has 0 bridgehead atoms. The Morgan fingerprint density at radius 2 is 1.95 bits per heavy atom. The molecular formula is C18H18N2O. The summed E-state index contributed by atoms with van der Waals surface area (Å²) in [5.41, 5.74) is 3.26. The fourth-order valence-electron chi connectivity index (χ4n) is 2.45. The molecular weight excluding hydrogens is 260 g/mol. The molecule has 0 radical (unpaired) electrons. The first-order chi connectivity index (χ1) is 10.3. The molecule has 21 heavy (non-hydrogen) atoms. The second-order valence-electron chi connectivity index (χ2n) is 5.38. The molecule has 1 atom stereocenters. The number of ether oxygens (including phenoxy) is 1. The van der Waals surface area contributed by atoms with E-state index >= 15 is 0 Å². The zero-order chi connectivity index (χ0) is 14.7. The van der Waals surface area contributed by atoms with Crippen LogP contribution in [0.25, 0.3) is 0 Å². The van der Waals surface area contributed by atoms with Gasteiger partial charge in [0.25, 0.3) is 0 Å². The van der Waals surface area contributed by atoms with Gasteiger partial charge in [0.2, 0.25) is 0 Å². The van der Waals surface area contributed by atoms with Crippen LogP contribution in [0.4, 0.5) is 5.69 Å². The van der Waals surface area contributed by atoms with Crippen LogP contribution >= 0.6 is 0 Å². The van der Waals surface area contributed by atoms with Gasteiger partial charge in [-0.15, -0.1) is 0 Å². The molecule has 0 saturated heterocycles. The molecule has 1 fully saturated rings. The first-order valence-electron chi connectivity index (χ1n) is 7.20. The van der Waals surface area contributed by atoms with Gasteiger partial charge in [0.1, 0.15) is 11.8 Å². The number of anilines is 1. The molecule has 1 aliphatic carbocycles. The van der Waals surface area contributed by atoms with Crippen LogP contribution in [-0.4, -0.2) is 7.11 Å². The molecule has 1 saturated carbocycles. The molecule has 0 spiro atoms. The highest BCUT2D eigenvalue weighted by atomic mass is 16.5. The summed E-state index contributed by atoms with van der Waals surface area (Å²) < 4.78 is 5.20. The third-order valence-corrected chi connectivity index (χ3v) is 3.83. The van der Waals surface area contributed by atoms with E-state index in [1.54, 1.807) is 7.11 Å². The molecule has 106 valence electrons. The van der Waals surface area contributed by atoms with Gasteiger partial charge in [0.15, 0.2) is 0 Å². The lowest BCUT2D eigenvalue weighted by molar-refractivity contribution is 0.415. The third-order valence-electron chi connectivity index (χ3n) is 3.83. The molecule has 2 aromatic carbocycles. The van der Waals surface area contributed by atoms with Crippen molar-refractivity contribution in [3.63, 3.8) is 0 Å². The van der Waals surface area contributed by atoms with Crippen LogP contribution in [0.1, 0.15) is 35.9 Å². The van der Waals surface area contributed by atoms with Crippen LogP contribution in [0.15, 0.2) is 48.5 Å². The van der Waals surface area contributed by atoms with Crippen molar-refractivity contribution in [2.45, 2.75) is 24.8 Å². The van der Waals surface area contributed by atoms with E-state index in [-0.39, 0.29) is 6.04 Å². The number of hydrogen-bond donors (Lipinski definition) is 1. The highest BCUT2D eigenvalue weighted by Gasteiger charge is 2.23. The molecule has 0 aromatic heterocycles. The van der Waals surface area contributed by atoms with Crippen LogP contribution in [0, 0.1) is 11.3 Å². The molecule has 2 aromatic rings. The number of nitrogens with one attached hydrogen (secondary N) is 1. The smallest absolute Gasteiger partial charge is 0.140 e. The summed E-state index contributed by atoms with van der Waals surface area (Å²) in [7, 11) is 1.64. The second kappa shape index (κ2) is 5.88. The Hall–Kier alpha value is -2.47. The fourth-order valence-corrected chi connectivity index (χ4v) is 2.45. The van der Waals surface area contributed by atoms with Crippen LogP contribution in [-0.2, 0) is 0 Å². The van der Waals surface area contributed by atoms with Gasteiger partial charge in [-0.1, -0.05) is 30.3 Å². The topological polar surface area (TPSA) is 45.0 Å². The van der Waals surface area contributed by atoms with Crippen molar-refractivity contribution in [1.82, 2.24) is 0 Å². The molecule has 0 aliphatic heterocycles. The maximum Gasteiger partial charge on any atom is 0.140 e. The minimum Gasteiger partial charge on any atom is -0.497 e. The fraction of sp³-hybridized carbons (Fsp3) is 0.278. The zero-order valence-electron chi connectivity index (χ0n) is 12.0. The summed E-state index contributed by atoms with van der Waals surface area (Å²) in [4.78, 5) is 0. The molecule has 1 unspecified atom stereocenters. The first kappa shape index (κ1) is 13.5. The van der Waals surface area contributed by atoms with E-state index in [4.69, 9.17) is 4.74 Å². The number of nitriles is 1. The Morgan fingerprint density at radius 1 is 1.19 bits per heavy atom. The van der Waals surface area contributed by atoms with Gasteiger partial charge in [-0.05, 0) is 42.0 Å². The molecule has 1 aliphatic rings. The third kappa shape index (κ3) is 3.17. The van der Waals surface area contributed by atoms with Gasteiger partial charge in [-0.2, -0.15) is 5.26 Å². The highest BCUT2D eigenvalue weighted by Crippen LogP contribution is 2.40. The predicted molar refractivity (Wildman–Crippen MR) is 83.4 cm³/mol. The van der Waals surface area contributed by atoms with E-state index in [1.807, 2.05) is 24.3 Å². The number of nitrogens with zero attached hydrogens (tertiary/aromatic N) is 1. The Bertz CT molecular complexity index is 654. The lowest BCUT2D eigenvalue weighted by atomic mass is 10.0.